The molecule has 0 aromatic carbocycles. The van der Waals surface area contributed by atoms with Crippen molar-refractivity contribution >= 4 is 21.9 Å². The topological polar surface area (TPSA) is 56.3 Å². The Labute approximate surface area is 87.8 Å². The minimum absolute atomic E-state index is 0.293. The lowest BCUT2D eigenvalue weighted by atomic mass is 10.5. The number of nitrogens with zero attached hydrogens (tertiary/aromatic N) is 1. The van der Waals surface area contributed by atoms with Crippen molar-refractivity contribution in [3.8, 4) is 5.75 Å². The first-order chi connectivity index (χ1) is 6.53. The van der Waals surface area contributed by atoms with Gasteiger partial charge in [0.05, 0.1) is 6.26 Å². The van der Waals surface area contributed by atoms with Crippen LogP contribution in [0.4, 0.5) is 0 Å². The number of pyridine rings is 1. The van der Waals surface area contributed by atoms with Crippen molar-refractivity contribution in [1.29, 1.82) is 0 Å². The summed E-state index contributed by atoms with van der Waals surface area (Å²) in [5, 5.41) is 0.598. The third kappa shape index (κ3) is 3.55. The van der Waals surface area contributed by atoms with Crippen LogP contribution in [-0.4, -0.2) is 25.4 Å². The summed E-state index contributed by atoms with van der Waals surface area (Å²) in [4.78, 5) is 4.03. The molecule has 0 amide bonds. The van der Waals surface area contributed by atoms with Gasteiger partial charge in [0.1, 0.15) is 5.03 Å². The van der Waals surface area contributed by atoms with E-state index in [9.17, 15) is 8.42 Å². The lowest BCUT2D eigenvalue weighted by Crippen LogP contribution is -2.06. The summed E-state index contributed by atoms with van der Waals surface area (Å²) >= 11 is 1.44. The fourth-order valence-corrected chi connectivity index (χ4v) is 2.02. The van der Waals surface area contributed by atoms with Gasteiger partial charge in [-0.3, -0.25) is 0 Å². The predicted octanol–water partition coefficient (Wildman–Crippen LogP) is 1.53. The van der Waals surface area contributed by atoms with E-state index in [1.54, 1.807) is 18.3 Å². The van der Waals surface area contributed by atoms with Gasteiger partial charge in [0.2, 0.25) is 0 Å². The van der Waals surface area contributed by atoms with Crippen molar-refractivity contribution in [2.75, 3.05) is 12.0 Å². The molecule has 0 aliphatic rings. The molecule has 1 aromatic heterocycles. The summed E-state index contributed by atoms with van der Waals surface area (Å²) in [5.41, 5.74) is 0. The van der Waals surface area contributed by atoms with Gasteiger partial charge < -0.3 is 4.18 Å². The van der Waals surface area contributed by atoms with Crippen molar-refractivity contribution in [2.24, 2.45) is 0 Å². The maximum atomic E-state index is 10.9. The van der Waals surface area contributed by atoms with Gasteiger partial charge in [0.25, 0.3) is 0 Å². The molecule has 0 bridgehead atoms. The van der Waals surface area contributed by atoms with E-state index in [1.165, 1.54) is 11.8 Å². The first-order valence-corrected chi connectivity index (χ1v) is 6.80. The molecule has 78 valence electrons. The minimum atomic E-state index is -3.47. The van der Waals surface area contributed by atoms with Crippen molar-refractivity contribution < 1.29 is 12.6 Å². The van der Waals surface area contributed by atoms with E-state index in [4.69, 9.17) is 4.18 Å². The third-order valence-electron chi connectivity index (χ3n) is 1.26. The van der Waals surface area contributed by atoms with Crippen molar-refractivity contribution in [1.82, 2.24) is 4.98 Å². The van der Waals surface area contributed by atoms with E-state index in [1.807, 2.05) is 6.92 Å². The van der Waals surface area contributed by atoms with Gasteiger partial charge in [-0.05, 0) is 17.9 Å². The van der Waals surface area contributed by atoms with Gasteiger partial charge in [-0.2, -0.15) is 8.42 Å². The van der Waals surface area contributed by atoms with Gasteiger partial charge in [-0.25, -0.2) is 4.98 Å². The monoisotopic (exact) mass is 233 g/mol. The molecule has 0 N–H and O–H groups in total. The lowest BCUT2D eigenvalue weighted by molar-refractivity contribution is 0.484. The second kappa shape index (κ2) is 4.65. The first kappa shape index (κ1) is 11.3. The summed E-state index contributed by atoms with van der Waals surface area (Å²) in [6.07, 6.45) is 2.62. The Morgan fingerprint density at radius 2 is 2.29 bits per heavy atom. The van der Waals surface area contributed by atoms with Gasteiger partial charge in [-0.1, -0.05) is 6.92 Å². The van der Waals surface area contributed by atoms with E-state index in [-0.39, 0.29) is 0 Å². The molecule has 0 saturated carbocycles. The first-order valence-electron chi connectivity index (χ1n) is 4.00. The zero-order chi connectivity index (χ0) is 10.6. The van der Waals surface area contributed by atoms with Gasteiger partial charge in [0, 0.05) is 6.20 Å². The molecular formula is C8H11NO3S2. The Morgan fingerprint density at radius 1 is 1.57 bits per heavy atom. The lowest BCUT2D eigenvalue weighted by Gasteiger charge is -2.06. The maximum Gasteiger partial charge on any atom is 0.306 e. The molecule has 0 spiro atoms. The van der Waals surface area contributed by atoms with Crippen molar-refractivity contribution in [3.63, 3.8) is 0 Å². The van der Waals surface area contributed by atoms with Crippen LogP contribution in [0.2, 0.25) is 0 Å². The Balaban J connectivity index is 2.95. The molecule has 0 aliphatic carbocycles. The molecule has 0 unspecified atom stereocenters. The Hall–Kier alpha value is -0.750. The average Bonchev–Trinajstić information content (AvgIpc) is 2.06. The summed E-state index contributed by atoms with van der Waals surface area (Å²) in [6.45, 7) is 1.96. The fraction of sp³-hybridized carbons (Fsp3) is 0.375. The highest BCUT2D eigenvalue weighted by atomic mass is 32.2. The summed E-state index contributed by atoms with van der Waals surface area (Å²) < 4.78 is 26.6. The van der Waals surface area contributed by atoms with Crippen molar-refractivity contribution in [2.45, 2.75) is 11.9 Å². The van der Waals surface area contributed by atoms with Crippen LogP contribution in [0, 0.1) is 0 Å². The average molecular weight is 233 g/mol. The molecule has 0 atom stereocenters. The Kier molecular flexibility index (Phi) is 3.77. The molecule has 1 aromatic rings. The number of rotatable bonds is 4. The summed E-state index contributed by atoms with van der Waals surface area (Å²) in [6, 6.07) is 3.23. The fourth-order valence-electron chi connectivity index (χ4n) is 0.848. The zero-order valence-corrected chi connectivity index (χ0v) is 9.56. The number of hydrogen-bond donors (Lipinski definition) is 0. The van der Waals surface area contributed by atoms with Gasteiger partial charge >= 0.3 is 10.1 Å². The van der Waals surface area contributed by atoms with Crippen LogP contribution in [0.5, 0.6) is 5.75 Å². The zero-order valence-electron chi connectivity index (χ0n) is 7.93. The molecule has 4 nitrogen and oxygen atoms in total. The van der Waals surface area contributed by atoms with Crippen LogP contribution < -0.4 is 4.18 Å². The highest BCUT2D eigenvalue weighted by Crippen LogP contribution is 2.26. The largest absolute Gasteiger partial charge is 0.380 e. The Morgan fingerprint density at radius 3 is 2.86 bits per heavy atom. The molecule has 14 heavy (non-hydrogen) atoms. The van der Waals surface area contributed by atoms with E-state index < -0.39 is 10.1 Å². The molecular weight excluding hydrogens is 222 g/mol. The third-order valence-corrected chi connectivity index (χ3v) is 2.61. The number of aromatic nitrogens is 1. The highest BCUT2D eigenvalue weighted by molar-refractivity contribution is 7.99. The molecule has 6 heteroatoms. The highest BCUT2D eigenvalue weighted by Gasteiger charge is 2.09. The second-order valence-corrected chi connectivity index (χ2v) is 5.35. The van der Waals surface area contributed by atoms with E-state index in [0.717, 1.165) is 12.0 Å². The Bertz CT molecular complexity index is 403. The van der Waals surface area contributed by atoms with Crippen LogP contribution in [0.25, 0.3) is 0 Å². The van der Waals surface area contributed by atoms with Crippen molar-refractivity contribution in [3.05, 3.63) is 18.3 Å². The quantitative estimate of drug-likeness (QED) is 0.583. The maximum absolute atomic E-state index is 10.9. The molecule has 1 heterocycles. The standard InChI is InChI=1S/C8H11NO3S2/c1-3-13-8-7(5-4-6-9-8)12-14(2,10)11/h4-6H,3H2,1-2H3. The number of hydrogen-bond acceptors (Lipinski definition) is 5. The second-order valence-electron chi connectivity index (χ2n) is 2.53. The van der Waals surface area contributed by atoms with Crippen LogP contribution in [-0.2, 0) is 10.1 Å². The number of thioether (sulfide) groups is 1. The van der Waals surface area contributed by atoms with E-state index in [0.29, 0.717) is 10.8 Å². The van der Waals surface area contributed by atoms with Gasteiger partial charge in [0.15, 0.2) is 5.75 Å². The SMILES string of the molecule is CCSc1ncccc1OS(C)(=O)=O. The molecule has 1 rings (SSSR count). The minimum Gasteiger partial charge on any atom is -0.380 e. The van der Waals surface area contributed by atoms with E-state index in [2.05, 4.69) is 4.98 Å². The van der Waals surface area contributed by atoms with Crippen LogP contribution in [0.1, 0.15) is 6.92 Å². The molecule has 0 fully saturated rings. The van der Waals surface area contributed by atoms with Gasteiger partial charge in [-0.15, -0.1) is 11.8 Å². The van der Waals surface area contributed by atoms with Crippen LogP contribution in [0.15, 0.2) is 23.4 Å². The smallest absolute Gasteiger partial charge is 0.306 e. The molecule has 0 radical (unpaired) electrons. The van der Waals surface area contributed by atoms with E-state index >= 15 is 0 Å². The normalized spacial score (nSPS) is 11.3. The molecule has 0 aliphatic heterocycles. The van der Waals surface area contributed by atoms with Crippen LogP contribution >= 0.6 is 11.8 Å². The summed E-state index contributed by atoms with van der Waals surface area (Å²) in [5.74, 6) is 1.11. The van der Waals surface area contributed by atoms with Crippen LogP contribution in [0.3, 0.4) is 0 Å². The molecule has 0 saturated heterocycles. The predicted molar refractivity (Wildman–Crippen MR) is 56.1 cm³/mol. The summed E-state index contributed by atoms with van der Waals surface area (Å²) in [7, 11) is -3.47.